The monoisotopic (exact) mass is 738 g/mol. The van der Waals surface area contributed by atoms with Crippen molar-refractivity contribution in [1.29, 1.82) is 0 Å². The molecule has 3 rings (SSSR count). The molecule has 0 aliphatic carbocycles. The molecular weight excluding hydrogens is 667 g/mol. The standard InChI is InChI=1S/C39H59N5O3S.2C2H6/c1-8-15-31-20-19-30(26-29(31)5)27-35(42(6)36(45)18-12-22-39(40,9-2)10-3)38(47)43(7)34(28-33-17-14-25-48-33)37(46)41-23-21-32-16-13-24-44(32)11-4;2*1-2/h8,12,14-15,17-20,25-26,32,34-35H,9-11,13,16,21-24,27-28,40H2,1-7H3,(H,41,46);2*1-2H3/b15-8-,18-12+;;/t32?,34?,35-;;/m1../s1. The number of amides is 3. The molecular formula is C43H71N5O3S. The first-order chi connectivity index (χ1) is 25.0. The number of hydrogen-bond donors (Lipinski definition) is 2. The van der Waals surface area contributed by atoms with Crippen LogP contribution >= 0.6 is 11.3 Å². The van der Waals surface area contributed by atoms with E-state index in [1.165, 1.54) is 17.4 Å². The highest BCUT2D eigenvalue weighted by Gasteiger charge is 2.35. The Morgan fingerprint density at radius 1 is 1.04 bits per heavy atom. The molecule has 1 aliphatic rings. The molecule has 3 amide bonds. The van der Waals surface area contributed by atoms with Crippen LogP contribution in [0.4, 0.5) is 0 Å². The minimum Gasteiger partial charge on any atom is -0.354 e. The van der Waals surface area contributed by atoms with Gasteiger partial charge in [0, 0.05) is 49.9 Å². The summed E-state index contributed by atoms with van der Waals surface area (Å²) >= 11 is 1.57. The first kappa shape index (κ1) is 46.8. The Morgan fingerprint density at radius 3 is 2.31 bits per heavy atom. The van der Waals surface area contributed by atoms with Gasteiger partial charge in [-0.15, -0.1) is 11.3 Å². The minimum absolute atomic E-state index is 0.169. The van der Waals surface area contributed by atoms with Crippen LogP contribution in [0.5, 0.6) is 0 Å². The lowest BCUT2D eigenvalue weighted by molar-refractivity contribution is -0.146. The predicted octanol–water partition coefficient (Wildman–Crippen LogP) is 8.04. The van der Waals surface area contributed by atoms with Gasteiger partial charge in [0.2, 0.25) is 17.7 Å². The Morgan fingerprint density at radius 2 is 1.73 bits per heavy atom. The van der Waals surface area contributed by atoms with E-state index in [4.69, 9.17) is 5.73 Å². The molecule has 2 aromatic rings. The summed E-state index contributed by atoms with van der Waals surface area (Å²) in [6, 6.07) is 9.05. The number of nitrogens with two attached hydrogens (primary N) is 1. The van der Waals surface area contributed by atoms with Crippen molar-refractivity contribution in [2.45, 2.75) is 137 Å². The number of hydrogen-bond acceptors (Lipinski definition) is 6. The number of likely N-dealkylation sites (tertiary alicyclic amines) is 1. The van der Waals surface area contributed by atoms with Gasteiger partial charge in [0.15, 0.2) is 0 Å². The van der Waals surface area contributed by atoms with Crippen molar-refractivity contribution < 1.29 is 14.4 Å². The van der Waals surface area contributed by atoms with Crippen molar-refractivity contribution >= 4 is 35.1 Å². The summed E-state index contributed by atoms with van der Waals surface area (Å²) in [5.41, 5.74) is 9.26. The molecule has 1 fully saturated rings. The lowest BCUT2D eigenvalue weighted by Gasteiger charge is -2.34. The molecule has 0 spiro atoms. The first-order valence-electron chi connectivity index (χ1n) is 19.7. The van der Waals surface area contributed by atoms with Crippen LogP contribution in [0.3, 0.4) is 0 Å². The molecule has 3 N–H and O–H groups in total. The Balaban J connectivity index is 0.00000326. The summed E-state index contributed by atoms with van der Waals surface area (Å²) in [7, 11) is 3.37. The van der Waals surface area contributed by atoms with Gasteiger partial charge in [-0.3, -0.25) is 14.4 Å². The van der Waals surface area contributed by atoms with E-state index in [2.05, 4.69) is 43.1 Å². The number of rotatable bonds is 18. The first-order valence-corrected chi connectivity index (χ1v) is 20.6. The van der Waals surface area contributed by atoms with Crippen molar-refractivity contribution in [3.05, 3.63) is 75.5 Å². The van der Waals surface area contributed by atoms with E-state index in [0.29, 0.717) is 31.8 Å². The second-order valence-corrected chi connectivity index (χ2v) is 14.3. The molecule has 3 atom stereocenters. The van der Waals surface area contributed by atoms with Gasteiger partial charge in [-0.2, -0.15) is 0 Å². The summed E-state index contributed by atoms with van der Waals surface area (Å²) in [6.45, 7) is 21.0. The maximum Gasteiger partial charge on any atom is 0.246 e. The zero-order valence-electron chi connectivity index (χ0n) is 34.3. The van der Waals surface area contributed by atoms with Crippen LogP contribution in [0, 0.1) is 6.92 Å². The Hall–Kier alpha value is -3.27. The normalized spacial score (nSPS) is 15.7. The van der Waals surface area contributed by atoms with Crippen molar-refractivity contribution in [3.63, 3.8) is 0 Å². The van der Waals surface area contributed by atoms with Crippen LogP contribution < -0.4 is 11.1 Å². The summed E-state index contributed by atoms with van der Waals surface area (Å²) in [6.07, 6.45) is 13.5. The third-order valence-corrected chi connectivity index (χ3v) is 11.1. The van der Waals surface area contributed by atoms with Gasteiger partial charge in [0.1, 0.15) is 12.1 Å². The minimum atomic E-state index is -0.811. The van der Waals surface area contributed by atoms with Crippen molar-refractivity contribution in [3.8, 4) is 0 Å². The van der Waals surface area contributed by atoms with Crippen LogP contribution in [0.15, 0.2) is 53.9 Å². The SMILES string of the molecule is C/C=C\c1ccc(C[C@H](C(=O)N(C)C(Cc2cccs2)C(=O)NCCC2CCCN2CC)N(C)C(=O)/C=C/CC(N)(CC)CC)cc1C.CC.CC. The summed E-state index contributed by atoms with van der Waals surface area (Å²) in [5, 5.41) is 5.14. The smallest absolute Gasteiger partial charge is 0.246 e. The number of carbonyl (C=O) groups is 3. The largest absolute Gasteiger partial charge is 0.354 e. The van der Waals surface area contributed by atoms with Crippen molar-refractivity contribution in [2.24, 2.45) is 5.73 Å². The number of thiophene rings is 1. The van der Waals surface area contributed by atoms with Gasteiger partial charge in [0.25, 0.3) is 0 Å². The highest BCUT2D eigenvalue weighted by atomic mass is 32.1. The Kier molecular flexibility index (Phi) is 22.4. The van der Waals surface area contributed by atoms with Gasteiger partial charge in [-0.05, 0) is 99.7 Å². The third kappa shape index (κ3) is 14.3. The van der Waals surface area contributed by atoms with E-state index in [1.807, 2.05) is 83.3 Å². The van der Waals surface area contributed by atoms with Crippen molar-refractivity contribution in [2.75, 3.05) is 33.7 Å². The van der Waals surface area contributed by atoms with E-state index in [-0.39, 0.29) is 23.3 Å². The number of likely N-dealkylation sites (N-methyl/N-ethyl adjacent to an activating group) is 2. The number of nitrogens with one attached hydrogen (secondary N) is 1. The van der Waals surface area contributed by atoms with Gasteiger partial charge in [-0.25, -0.2) is 0 Å². The molecule has 0 saturated carbocycles. The maximum atomic E-state index is 14.5. The molecule has 1 saturated heterocycles. The molecule has 2 unspecified atom stereocenters. The third-order valence-electron chi connectivity index (χ3n) is 10.2. The van der Waals surface area contributed by atoms with E-state index in [1.54, 1.807) is 30.3 Å². The summed E-state index contributed by atoms with van der Waals surface area (Å²) in [4.78, 5) is 48.5. The second kappa shape index (κ2) is 24.9. The van der Waals surface area contributed by atoms with Crippen LogP contribution in [-0.2, 0) is 27.2 Å². The topological polar surface area (TPSA) is 99.0 Å². The number of carbonyl (C=O) groups excluding carboxylic acids is 3. The molecule has 9 heteroatoms. The highest BCUT2D eigenvalue weighted by molar-refractivity contribution is 7.09. The number of aryl methyl sites for hydroxylation is 1. The predicted molar refractivity (Wildman–Crippen MR) is 223 cm³/mol. The molecule has 52 heavy (non-hydrogen) atoms. The molecule has 292 valence electrons. The van der Waals surface area contributed by atoms with Gasteiger partial charge in [-0.1, -0.05) is 91.0 Å². The van der Waals surface area contributed by atoms with Crippen LogP contribution in [0.25, 0.3) is 6.08 Å². The Bertz CT molecular complexity index is 1390. The van der Waals surface area contributed by atoms with Gasteiger partial charge < -0.3 is 25.8 Å². The number of benzene rings is 1. The number of allylic oxidation sites excluding steroid dienone is 1. The lowest BCUT2D eigenvalue weighted by Crippen LogP contribution is -2.56. The van der Waals surface area contributed by atoms with Crippen LogP contribution in [0.2, 0.25) is 0 Å². The van der Waals surface area contributed by atoms with Gasteiger partial charge >= 0.3 is 0 Å². The Labute approximate surface area is 320 Å². The van der Waals surface area contributed by atoms with Gasteiger partial charge in [0.05, 0.1) is 0 Å². The molecule has 0 radical (unpaired) electrons. The van der Waals surface area contributed by atoms with E-state index < -0.39 is 12.1 Å². The molecule has 1 aromatic heterocycles. The summed E-state index contributed by atoms with van der Waals surface area (Å²) in [5.74, 6) is -0.706. The molecule has 8 nitrogen and oxygen atoms in total. The fourth-order valence-electron chi connectivity index (χ4n) is 6.58. The van der Waals surface area contributed by atoms with E-state index >= 15 is 0 Å². The molecule has 1 aromatic carbocycles. The second-order valence-electron chi connectivity index (χ2n) is 13.3. The number of nitrogens with zero attached hydrogens (tertiary/aromatic N) is 3. The van der Waals surface area contributed by atoms with Crippen molar-refractivity contribution in [1.82, 2.24) is 20.0 Å². The summed E-state index contributed by atoms with van der Waals surface area (Å²) < 4.78 is 0. The lowest BCUT2D eigenvalue weighted by atomic mass is 9.90. The van der Waals surface area contributed by atoms with Crippen LogP contribution in [0.1, 0.15) is 115 Å². The van der Waals surface area contributed by atoms with E-state index in [0.717, 1.165) is 60.3 Å². The molecule has 1 aliphatic heterocycles. The highest BCUT2D eigenvalue weighted by Crippen LogP contribution is 2.22. The average molecular weight is 738 g/mol. The zero-order valence-corrected chi connectivity index (χ0v) is 35.2. The fraction of sp³-hybridized carbons (Fsp3) is 0.605. The van der Waals surface area contributed by atoms with E-state index in [9.17, 15) is 14.4 Å². The quantitative estimate of drug-likeness (QED) is 0.151. The zero-order chi connectivity index (χ0) is 39.3. The molecule has 0 bridgehead atoms. The molecule has 2 heterocycles. The maximum absolute atomic E-state index is 14.5. The van der Waals surface area contributed by atoms with Crippen LogP contribution in [-0.4, -0.2) is 89.8 Å². The average Bonchev–Trinajstić information content (AvgIpc) is 3.86. The fourth-order valence-corrected chi connectivity index (χ4v) is 7.32.